The van der Waals surface area contributed by atoms with Gasteiger partial charge in [0.05, 0.1) is 12.0 Å². The van der Waals surface area contributed by atoms with Crippen molar-refractivity contribution in [2.45, 2.75) is 20.3 Å². The van der Waals surface area contributed by atoms with Gasteiger partial charge in [-0.15, -0.1) is 0 Å². The van der Waals surface area contributed by atoms with Crippen molar-refractivity contribution in [3.8, 4) is 0 Å². The quantitative estimate of drug-likeness (QED) is 0.391. The van der Waals surface area contributed by atoms with E-state index in [2.05, 4.69) is 20.3 Å². The lowest BCUT2D eigenvalue weighted by Crippen LogP contribution is -1.96. The van der Waals surface area contributed by atoms with Crippen molar-refractivity contribution in [1.82, 2.24) is 0 Å². The zero-order valence-electron chi connectivity index (χ0n) is 4.28. The molecule has 0 N–H and O–H groups in total. The molecule has 0 heteroatoms. The Balaban J connectivity index is 2.66. The highest BCUT2D eigenvalue weighted by Crippen LogP contribution is 2.24. The molecule has 0 amide bonds. The predicted molar refractivity (Wildman–Crippen MR) is 27.3 cm³/mol. The minimum Gasteiger partial charge on any atom is -0.00132 e. The fourth-order valence-corrected chi connectivity index (χ4v) is 0.510. The molecule has 0 aromatic heterocycles. The van der Waals surface area contributed by atoms with Gasteiger partial charge in [-0.3, -0.25) is 0 Å². The Morgan fingerprint density at radius 2 is 2.00 bits per heavy atom. The molecule has 1 rings (SSSR count). The van der Waals surface area contributed by atoms with E-state index in [0.29, 0.717) is 0 Å². The normalized spacial score (nSPS) is 19.7. The average Bonchev–Trinajstić information content (AvgIpc) is 1.61. The Morgan fingerprint density at radius 1 is 1.50 bits per heavy atom. The molecule has 0 aromatic carbocycles. The molecule has 1 aliphatic carbocycles. The molecule has 0 bridgehead atoms. The second kappa shape index (κ2) is 1.04. The maximum Gasteiger partial charge on any atom is 0.118 e. The van der Waals surface area contributed by atoms with Gasteiger partial charge in [0.15, 0.2) is 0 Å². The zero-order chi connectivity index (χ0) is 4.57. The molecule has 0 unspecified atom stereocenters. The molecule has 0 aromatic rings. The van der Waals surface area contributed by atoms with E-state index in [-0.39, 0.29) is 0 Å². The first-order valence-corrected chi connectivity index (χ1v) is 2.30. The van der Waals surface area contributed by atoms with Crippen LogP contribution in [-0.2, 0) is 0 Å². The molecular formula is C6H9+. The van der Waals surface area contributed by atoms with Crippen LogP contribution in [0.2, 0.25) is 0 Å². The van der Waals surface area contributed by atoms with Gasteiger partial charge >= 0.3 is 0 Å². The molecule has 0 saturated heterocycles. The van der Waals surface area contributed by atoms with E-state index >= 15 is 0 Å². The molecule has 0 fully saturated rings. The summed E-state index contributed by atoms with van der Waals surface area (Å²) in [6.07, 6.45) is 3.47. The highest BCUT2D eigenvalue weighted by molar-refractivity contribution is 5.30. The van der Waals surface area contributed by atoms with Crippen molar-refractivity contribution in [2.75, 3.05) is 0 Å². The summed E-state index contributed by atoms with van der Waals surface area (Å²) in [5, 5.41) is 0. The van der Waals surface area contributed by atoms with Gasteiger partial charge in [-0.2, -0.15) is 0 Å². The Labute approximate surface area is 38.9 Å². The molecule has 32 valence electrons. The highest BCUT2D eigenvalue weighted by Gasteiger charge is 2.18. The lowest BCUT2D eigenvalue weighted by atomic mass is 9.92. The first kappa shape index (κ1) is 3.79. The highest BCUT2D eigenvalue weighted by atomic mass is 14.1. The fourth-order valence-electron chi connectivity index (χ4n) is 0.510. The Hall–Kier alpha value is -0.390. The van der Waals surface area contributed by atoms with Crippen molar-refractivity contribution in [3.05, 3.63) is 17.6 Å². The Kier molecular flexibility index (Phi) is 0.655. The standard InChI is InChI=1S/C6H9/c1-5-3-4-6(5)2/h3H,4H2,1-2H3/q+1. The van der Waals surface area contributed by atoms with Gasteiger partial charge < -0.3 is 0 Å². The maximum absolute atomic E-state index is 2.25. The number of rotatable bonds is 0. The van der Waals surface area contributed by atoms with Gasteiger partial charge in [-0.1, -0.05) is 0 Å². The number of hydrogen-bond acceptors (Lipinski definition) is 0. The average molecular weight is 81.1 g/mol. The van der Waals surface area contributed by atoms with Crippen molar-refractivity contribution in [2.24, 2.45) is 0 Å². The molecule has 0 spiro atoms. The first-order valence-electron chi connectivity index (χ1n) is 2.30. The zero-order valence-corrected chi connectivity index (χ0v) is 4.28. The van der Waals surface area contributed by atoms with Crippen LogP contribution in [-0.4, -0.2) is 0 Å². The van der Waals surface area contributed by atoms with Crippen LogP contribution >= 0.6 is 0 Å². The summed E-state index contributed by atoms with van der Waals surface area (Å²) in [5.74, 6) is 0. The van der Waals surface area contributed by atoms with Crippen LogP contribution in [0, 0.1) is 6.42 Å². The lowest BCUT2D eigenvalue weighted by Gasteiger charge is -2.01. The second-order valence-corrected chi connectivity index (χ2v) is 1.87. The fraction of sp³-hybridized carbons (Fsp3) is 0.500. The van der Waals surface area contributed by atoms with Crippen molar-refractivity contribution in [3.63, 3.8) is 0 Å². The third-order valence-corrected chi connectivity index (χ3v) is 1.39. The SMILES string of the molecule is CC1=C(C)C[CH+]1. The van der Waals surface area contributed by atoms with E-state index < -0.39 is 0 Å². The van der Waals surface area contributed by atoms with Gasteiger partial charge in [-0.25, -0.2) is 0 Å². The van der Waals surface area contributed by atoms with E-state index in [1.807, 2.05) is 0 Å². The van der Waals surface area contributed by atoms with Crippen LogP contribution in [0.4, 0.5) is 0 Å². The van der Waals surface area contributed by atoms with Gasteiger partial charge in [0.1, 0.15) is 12.0 Å². The molecule has 1 aliphatic rings. The summed E-state index contributed by atoms with van der Waals surface area (Å²) in [6.45, 7) is 4.33. The van der Waals surface area contributed by atoms with Crippen LogP contribution in [0.15, 0.2) is 11.1 Å². The van der Waals surface area contributed by atoms with Gasteiger partial charge in [-0.05, 0) is 6.92 Å². The molecular weight excluding hydrogens is 72.1 g/mol. The third kappa shape index (κ3) is 0.332. The number of hydrogen-bond donors (Lipinski definition) is 0. The van der Waals surface area contributed by atoms with E-state index in [1.165, 1.54) is 12.0 Å². The molecule has 0 saturated carbocycles. The van der Waals surface area contributed by atoms with Gasteiger partial charge in [0, 0.05) is 6.92 Å². The van der Waals surface area contributed by atoms with Crippen LogP contribution in [0.5, 0.6) is 0 Å². The summed E-state index contributed by atoms with van der Waals surface area (Å²) in [4.78, 5) is 0. The van der Waals surface area contributed by atoms with Crippen molar-refractivity contribution < 1.29 is 0 Å². The smallest absolute Gasteiger partial charge is 0.00132 e. The minimum absolute atomic E-state index is 1.23. The lowest BCUT2D eigenvalue weighted by molar-refractivity contribution is 0.973. The summed E-state index contributed by atoms with van der Waals surface area (Å²) in [5.41, 5.74) is 3.03. The van der Waals surface area contributed by atoms with Crippen LogP contribution in [0.1, 0.15) is 20.3 Å². The largest absolute Gasteiger partial charge is 0.118 e. The number of allylic oxidation sites excluding steroid dienone is 2. The van der Waals surface area contributed by atoms with Gasteiger partial charge in [0.25, 0.3) is 0 Å². The second-order valence-electron chi connectivity index (χ2n) is 1.87. The third-order valence-electron chi connectivity index (χ3n) is 1.39. The minimum atomic E-state index is 1.23. The van der Waals surface area contributed by atoms with Crippen molar-refractivity contribution >= 4 is 0 Å². The predicted octanol–water partition coefficient (Wildman–Crippen LogP) is 1.93. The van der Waals surface area contributed by atoms with Crippen LogP contribution < -0.4 is 0 Å². The van der Waals surface area contributed by atoms with E-state index in [0.717, 1.165) is 0 Å². The summed E-state index contributed by atoms with van der Waals surface area (Å²) in [7, 11) is 0. The molecule has 0 nitrogen and oxygen atoms in total. The summed E-state index contributed by atoms with van der Waals surface area (Å²) < 4.78 is 0. The van der Waals surface area contributed by atoms with E-state index in [1.54, 1.807) is 5.57 Å². The Morgan fingerprint density at radius 3 is 2.00 bits per heavy atom. The summed E-state index contributed by atoms with van der Waals surface area (Å²) in [6, 6.07) is 0. The molecule has 0 heterocycles. The molecule has 0 aliphatic heterocycles. The summed E-state index contributed by atoms with van der Waals surface area (Å²) >= 11 is 0. The van der Waals surface area contributed by atoms with Gasteiger partial charge in [0.2, 0.25) is 0 Å². The topological polar surface area (TPSA) is 0 Å². The monoisotopic (exact) mass is 81.1 g/mol. The Bertz CT molecular complexity index is 76.2. The maximum atomic E-state index is 2.25. The first-order chi connectivity index (χ1) is 2.80. The van der Waals surface area contributed by atoms with E-state index in [4.69, 9.17) is 0 Å². The van der Waals surface area contributed by atoms with Crippen molar-refractivity contribution in [1.29, 1.82) is 0 Å². The van der Waals surface area contributed by atoms with Crippen LogP contribution in [0.3, 0.4) is 0 Å². The molecule has 0 radical (unpaired) electrons. The molecule has 6 heavy (non-hydrogen) atoms. The van der Waals surface area contributed by atoms with Crippen LogP contribution in [0.25, 0.3) is 0 Å². The molecule has 0 atom stereocenters. The van der Waals surface area contributed by atoms with E-state index in [9.17, 15) is 0 Å².